The third-order valence-electron chi connectivity index (χ3n) is 2.35. The van der Waals surface area contributed by atoms with Crippen molar-refractivity contribution in [3.8, 4) is 11.3 Å². The summed E-state index contributed by atoms with van der Waals surface area (Å²) in [6.45, 7) is 0. The summed E-state index contributed by atoms with van der Waals surface area (Å²) in [7, 11) is 1.72. The number of nitrogens with zero attached hydrogens (tertiary/aromatic N) is 1. The third-order valence-corrected chi connectivity index (χ3v) is 2.98. The summed E-state index contributed by atoms with van der Waals surface area (Å²) in [5.74, 6) is 1.31. The highest BCUT2D eigenvalue weighted by Gasteiger charge is 2.06. The zero-order valence-corrected chi connectivity index (χ0v) is 11.8. The Hall–Kier alpha value is -1.85. The van der Waals surface area contributed by atoms with E-state index in [9.17, 15) is 0 Å². The second-order valence-electron chi connectivity index (χ2n) is 3.63. The van der Waals surface area contributed by atoms with Crippen molar-refractivity contribution >= 4 is 35.1 Å². The van der Waals surface area contributed by atoms with Crippen LogP contribution in [0.5, 0.6) is 0 Å². The lowest BCUT2D eigenvalue weighted by Crippen LogP contribution is -2.28. The average Bonchev–Trinajstić information content (AvgIpc) is 2.87. The highest BCUT2D eigenvalue weighted by atomic mass is 35.5. The van der Waals surface area contributed by atoms with Gasteiger partial charge < -0.3 is 9.73 Å². The van der Waals surface area contributed by atoms with Gasteiger partial charge in [-0.15, -0.1) is 0 Å². The molecule has 0 bridgehead atoms. The molecule has 2 aromatic rings. The number of benzene rings is 1. The monoisotopic (exact) mass is 293 g/mol. The van der Waals surface area contributed by atoms with E-state index in [0.717, 1.165) is 5.56 Å². The number of hydrazone groups is 1. The largest absolute Gasteiger partial charge is 0.455 e. The van der Waals surface area contributed by atoms with E-state index in [-0.39, 0.29) is 0 Å². The first-order chi connectivity index (χ1) is 9.20. The van der Waals surface area contributed by atoms with Crippen molar-refractivity contribution in [1.82, 2.24) is 10.7 Å². The Morgan fingerprint density at radius 2 is 2.11 bits per heavy atom. The number of hydrogen-bond acceptors (Lipinski definition) is 3. The Kier molecular flexibility index (Phi) is 4.54. The molecule has 0 amide bonds. The molecule has 98 valence electrons. The van der Waals surface area contributed by atoms with Crippen LogP contribution in [0.1, 0.15) is 5.76 Å². The highest BCUT2D eigenvalue weighted by Crippen LogP contribution is 2.28. The van der Waals surface area contributed by atoms with Gasteiger partial charge in [0.05, 0.1) is 11.2 Å². The summed E-state index contributed by atoms with van der Waals surface area (Å²) in [5.41, 5.74) is 3.49. The second kappa shape index (κ2) is 6.36. The van der Waals surface area contributed by atoms with E-state index in [1.54, 1.807) is 13.3 Å². The number of thiocarbonyl (C=S) groups is 1. The maximum atomic E-state index is 6.10. The van der Waals surface area contributed by atoms with Gasteiger partial charge in [0.1, 0.15) is 11.5 Å². The first kappa shape index (κ1) is 13.6. The van der Waals surface area contributed by atoms with Gasteiger partial charge in [0, 0.05) is 12.6 Å². The lowest BCUT2D eigenvalue weighted by atomic mass is 10.2. The standard InChI is InChI=1S/C13H12ClN3OS/c1-15-13(19)17-16-8-9-6-7-12(18-9)10-4-2-3-5-11(10)14/h2-8H,1H3,(H2,15,17,19)/b16-8+. The topological polar surface area (TPSA) is 49.6 Å². The van der Waals surface area contributed by atoms with Crippen LogP contribution in [0.2, 0.25) is 5.02 Å². The predicted molar refractivity (Wildman–Crippen MR) is 81.5 cm³/mol. The minimum atomic E-state index is 0.439. The fraction of sp³-hybridized carbons (Fsp3) is 0.0769. The Morgan fingerprint density at radius 3 is 2.84 bits per heavy atom. The molecule has 0 aliphatic rings. The summed E-state index contributed by atoms with van der Waals surface area (Å²) in [6, 6.07) is 11.2. The second-order valence-corrected chi connectivity index (χ2v) is 4.45. The van der Waals surface area contributed by atoms with Gasteiger partial charge in [0.25, 0.3) is 0 Å². The van der Waals surface area contributed by atoms with Crippen LogP contribution in [0.3, 0.4) is 0 Å². The molecule has 4 nitrogen and oxygen atoms in total. The van der Waals surface area contributed by atoms with E-state index in [2.05, 4.69) is 15.8 Å². The van der Waals surface area contributed by atoms with Crippen LogP contribution in [0.25, 0.3) is 11.3 Å². The molecule has 19 heavy (non-hydrogen) atoms. The lowest BCUT2D eigenvalue weighted by molar-refractivity contribution is 0.574. The van der Waals surface area contributed by atoms with Crippen molar-refractivity contribution in [2.75, 3.05) is 7.05 Å². The summed E-state index contributed by atoms with van der Waals surface area (Å²) >= 11 is 11.0. The molecule has 0 unspecified atom stereocenters. The zero-order valence-electron chi connectivity index (χ0n) is 10.2. The van der Waals surface area contributed by atoms with Gasteiger partial charge in [0.2, 0.25) is 0 Å². The lowest BCUT2D eigenvalue weighted by Gasteiger charge is -1.99. The maximum Gasteiger partial charge on any atom is 0.186 e. The van der Waals surface area contributed by atoms with Crippen LogP contribution in [0, 0.1) is 0 Å². The number of halogens is 1. The Labute approximate surface area is 121 Å². The summed E-state index contributed by atoms with van der Waals surface area (Å²) < 4.78 is 5.63. The molecule has 0 fully saturated rings. The van der Waals surface area contributed by atoms with Crippen LogP contribution in [0.4, 0.5) is 0 Å². The molecule has 1 aromatic heterocycles. The Bertz CT molecular complexity index is 609. The van der Waals surface area contributed by atoms with Gasteiger partial charge >= 0.3 is 0 Å². The molecular formula is C13H12ClN3OS. The maximum absolute atomic E-state index is 6.10. The van der Waals surface area contributed by atoms with Gasteiger partial charge in [-0.3, -0.25) is 5.43 Å². The summed E-state index contributed by atoms with van der Waals surface area (Å²) in [6.07, 6.45) is 1.55. The number of nitrogens with one attached hydrogen (secondary N) is 2. The van der Waals surface area contributed by atoms with Crippen molar-refractivity contribution < 1.29 is 4.42 Å². The first-order valence-electron chi connectivity index (χ1n) is 5.56. The van der Waals surface area contributed by atoms with Crippen molar-refractivity contribution in [2.45, 2.75) is 0 Å². The molecule has 0 saturated heterocycles. The van der Waals surface area contributed by atoms with Gasteiger partial charge in [-0.05, 0) is 36.5 Å². The quantitative estimate of drug-likeness (QED) is 0.519. The molecule has 0 aliphatic carbocycles. The number of hydrogen-bond donors (Lipinski definition) is 2. The van der Waals surface area contributed by atoms with E-state index in [1.807, 2.05) is 36.4 Å². The Balaban J connectivity index is 2.12. The average molecular weight is 294 g/mol. The molecule has 0 radical (unpaired) electrons. The van der Waals surface area contributed by atoms with Crippen molar-refractivity contribution in [2.24, 2.45) is 5.10 Å². The van der Waals surface area contributed by atoms with Crippen LogP contribution < -0.4 is 10.7 Å². The molecule has 2 N–H and O–H groups in total. The molecule has 0 spiro atoms. The summed E-state index contributed by atoms with van der Waals surface area (Å²) in [5, 5.41) is 7.77. The van der Waals surface area contributed by atoms with Crippen molar-refractivity contribution in [3.63, 3.8) is 0 Å². The van der Waals surface area contributed by atoms with Crippen LogP contribution >= 0.6 is 23.8 Å². The predicted octanol–water partition coefficient (Wildman–Crippen LogP) is 3.03. The SMILES string of the molecule is CNC(=S)N/N=C/c1ccc(-c2ccccc2Cl)o1. The van der Waals surface area contributed by atoms with E-state index in [0.29, 0.717) is 21.7 Å². The van der Waals surface area contributed by atoms with Gasteiger partial charge in [-0.2, -0.15) is 5.10 Å². The van der Waals surface area contributed by atoms with Gasteiger partial charge in [-0.1, -0.05) is 23.7 Å². The van der Waals surface area contributed by atoms with Gasteiger partial charge in [0.15, 0.2) is 5.11 Å². The fourth-order valence-electron chi connectivity index (χ4n) is 1.44. The van der Waals surface area contributed by atoms with E-state index in [4.69, 9.17) is 28.2 Å². The minimum Gasteiger partial charge on any atom is -0.455 e. The van der Waals surface area contributed by atoms with Crippen LogP contribution in [0.15, 0.2) is 45.9 Å². The molecule has 6 heteroatoms. The van der Waals surface area contributed by atoms with E-state index >= 15 is 0 Å². The van der Waals surface area contributed by atoms with E-state index < -0.39 is 0 Å². The molecule has 1 aromatic carbocycles. The van der Waals surface area contributed by atoms with Crippen molar-refractivity contribution in [1.29, 1.82) is 0 Å². The highest BCUT2D eigenvalue weighted by molar-refractivity contribution is 7.80. The van der Waals surface area contributed by atoms with Crippen LogP contribution in [-0.4, -0.2) is 18.4 Å². The Morgan fingerprint density at radius 1 is 1.32 bits per heavy atom. The fourth-order valence-corrected chi connectivity index (χ4v) is 1.72. The number of rotatable bonds is 3. The van der Waals surface area contributed by atoms with Crippen LogP contribution in [-0.2, 0) is 0 Å². The minimum absolute atomic E-state index is 0.439. The summed E-state index contributed by atoms with van der Waals surface area (Å²) in [4.78, 5) is 0. The first-order valence-corrected chi connectivity index (χ1v) is 6.35. The molecular weight excluding hydrogens is 282 g/mol. The molecule has 0 aliphatic heterocycles. The normalized spacial score (nSPS) is 10.6. The molecule has 0 saturated carbocycles. The third kappa shape index (κ3) is 3.56. The molecule has 0 atom stereocenters. The number of furan rings is 1. The van der Waals surface area contributed by atoms with Gasteiger partial charge in [-0.25, -0.2) is 0 Å². The zero-order chi connectivity index (χ0) is 13.7. The smallest absolute Gasteiger partial charge is 0.186 e. The molecule has 1 heterocycles. The van der Waals surface area contributed by atoms with Crippen molar-refractivity contribution in [3.05, 3.63) is 47.2 Å². The van der Waals surface area contributed by atoms with E-state index in [1.165, 1.54) is 0 Å². The molecule has 2 rings (SSSR count).